The van der Waals surface area contributed by atoms with Gasteiger partial charge < -0.3 is 14.9 Å². The summed E-state index contributed by atoms with van der Waals surface area (Å²) in [6, 6.07) is 3.97. The van der Waals surface area contributed by atoms with E-state index in [0.29, 0.717) is 31.4 Å². The molecule has 6 heteroatoms. The van der Waals surface area contributed by atoms with Crippen molar-refractivity contribution in [2.45, 2.75) is 136 Å². The van der Waals surface area contributed by atoms with Crippen molar-refractivity contribution in [1.82, 2.24) is 4.90 Å². The number of esters is 1. The van der Waals surface area contributed by atoms with E-state index >= 15 is 0 Å². The number of aromatic hydroxyl groups is 1. The molecule has 1 aliphatic rings. The van der Waals surface area contributed by atoms with Gasteiger partial charge in [-0.3, -0.25) is 14.5 Å². The number of piperidine rings is 1. The van der Waals surface area contributed by atoms with E-state index in [1.54, 1.807) is 0 Å². The average molecular weight is 532 g/mol. The first-order chi connectivity index (χ1) is 17.1. The Labute approximate surface area is 231 Å². The first kappa shape index (κ1) is 32.1. The second kappa shape index (κ2) is 11.2. The highest BCUT2D eigenvalue weighted by atomic mass is 16.5. The average Bonchev–Trinajstić information content (AvgIpc) is 2.71. The van der Waals surface area contributed by atoms with Crippen LogP contribution in [0.25, 0.3) is 0 Å². The van der Waals surface area contributed by atoms with E-state index in [1.807, 2.05) is 19.1 Å². The predicted molar refractivity (Wildman–Crippen MR) is 154 cm³/mol. The van der Waals surface area contributed by atoms with Gasteiger partial charge in [-0.25, -0.2) is 0 Å². The third kappa shape index (κ3) is 7.31. The summed E-state index contributed by atoms with van der Waals surface area (Å²) in [4.78, 5) is 28.4. The Morgan fingerprint density at radius 3 is 1.82 bits per heavy atom. The van der Waals surface area contributed by atoms with Gasteiger partial charge in [0.05, 0.1) is 0 Å². The second-order valence-corrected chi connectivity index (χ2v) is 14.8. The molecule has 1 aliphatic heterocycles. The molecule has 2 unspecified atom stereocenters. The normalized spacial score (nSPS) is 20.1. The van der Waals surface area contributed by atoms with Crippen molar-refractivity contribution >= 4 is 11.9 Å². The molecule has 2 rings (SSSR count). The number of aliphatic carboxylic acids is 1. The molecule has 38 heavy (non-hydrogen) atoms. The molecule has 2 atom stereocenters. The third-order valence-corrected chi connectivity index (χ3v) is 8.49. The maximum atomic E-state index is 13.5. The lowest BCUT2D eigenvalue weighted by Crippen LogP contribution is -2.60. The van der Waals surface area contributed by atoms with Crippen molar-refractivity contribution in [2.24, 2.45) is 11.8 Å². The number of hydrogen-bond donors (Lipinski definition) is 2. The Balaban J connectivity index is 2.44. The number of hydrogen-bond acceptors (Lipinski definition) is 5. The molecule has 0 aliphatic carbocycles. The molecular weight excluding hydrogens is 478 g/mol. The number of benzene rings is 1. The summed E-state index contributed by atoms with van der Waals surface area (Å²) in [6.45, 7) is 22.9. The van der Waals surface area contributed by atoms with Crippen LogP contribution in [0.3, 0.4) is 0 Å². The van der Waals surface area contributed by atoms with Gasteiger partial charge in [0, 0.05) is 23.9 Å². The van der Waals surface area contributed by atoms with E-state index in [-0.39, 0.29) is 28.0 Å². The van der Waals surface area contributed by atoms with Crippen molar-refractivity contribution in [3.05, 3.63) is 28.8 Å². The van der Waals surface area contributed by atoms with E-state index in [9.17, 15) is 19.8 Å². The summed E-state index contributed by atoms with van der Waals surface area (Å²) >= 11 is 0. The molecule has 1 fully saturated rings. The molecule has 1 saturated heterocycles. The topological polar surface area (TPSA) is 87.1 Å². The summed E-state index contributed by atoms with van der Waals surface area (Å²) in [5, 5.41) is 21.4. The zero-order chi connectivity index (χ0) is 29.4. The summed E-state index contributed by atoms with van der Waals surface area (Å²) in [6.07, 6.45) is 2.76. The van der Waals surface area contributed by atoms with Gasteiger partial charge in [-0.15, -0.1) is 0 Å². The van der Waals surface area contributed by atoms with Gasteiger partial charge in [0.1, 0.15) is 11.9 Å². The van der Waals surface area contributed by atoms with Gasteiger partial charge in [-0.05, 0) is 81.0 Å². The lowest BCUT2D eigenvalue weighted by molar-refractivity contribution is -0.172. The first-order valence-electron chi connectivity index (χ1n) is 14.2. The standard InChI is InChI=1S/C32H53NO5/c1-13-14-21(15-20-16-23(29(2,3)4)26(34)24(17-20)30(5,6)7)25(27(35)36)28(37)38-22-18-31(8,9)33(12)32(10,11)19-22/h16-17,21-22,25,34H,13-15,18-19H2,1-12H3,(H,35,36). The van der Waals surface area contributed by atoms with Crippen molar-refractivity contribution in [3.63, 3.8) is 0 Å². The van der Waals surface area contributed by atoms with Gasteiger partial charge >= 0.3 is 11.9 Å². The van der Waals surface area contributed by atoms with E-state index in [1.165, 1.54) is 0 Å². The molecule has 0 saturated carbocycles. The van der Waals surface area contributed by atoms with Crippen LogP contribution in [-0.4, -0.2) is 51.3 Å². The number of carbonyl (C=O) groups is 2. The highest BCUT2D eigenvalue weighted by molar-refractivity contribution is 5.94. The number of likely N-dealkylation sites (tertiary alicyclic amines) is 1. The molecule has 0 bridgehead atoms. The number of ether oxygens (including phenoxy) is 1. The first-order valence-corrected chi connectivity index (χ1v) is 14.2. The summed E-state index contributed by atoms with van der Waals surface area (Å²) in [7, 11) is 2.09. The zero-order valence-corrected chi connectivity index (χ0v) is 26.0. The summed E-state index contributed by atoms with van der Waals surface area (Å²) < 4.78 is 5.99. The molecule has 1 heterocycles. The molecule has 2 N–H and O–H groups in total. The van der Waals surface area contributed by atoms with Crippen LogP contribution in [0.4, 0.5) is 0 Å². The van der Waals surface area contributed by atoms with Gasteiger partial charge in [-0.1, -0.05) is 67.0 Å². The second-order valence-electron chi connectivity index (χ2n) is 14.8. The maximum Gasteiger partial charge on any atom is 0.320 e. The van der Waals surface area contributed by atoms with Crippen LogP contribution < -0.4 is 0 Å². The molecule has 216 valence electrons. The van der Waals surface area contributed by atoms with Gasteiger partial charge in [0.2, 0.25) is 0 Å². The Morgan fingerprint density at radius 1 is 1.00 bits per heavy atom. The number of nitrogens with zero attached hydrogens (tertiary/aromatic N) is 1. The minimum atomic E-state index is -1.24. The highest BCUT2D eigenvalue weighted by Gasteiger charge is 2.46. The van der Waals surface area contributed by atoms with Gasteiger partial charge in [0.15, 0.2) is 5.92 Å². The molecule has 0 spiro atoms. The van der Waals surface area contributed by atoms with Crippen LogP contribution in [0, 0.1) is 11.8 Å². The van der Waals surface area contributed by atoms with Crippen molar-refractivity contribution in [3.8, 4) is 5.75 Å². The molecule has 0 radical (unpaired) electrons. The van der Waals surface area contributed by atoms with Crippen molar-refractivity contribution in [2.75, 3.05) is 7.05 Å². The van der Waals surface area contributed by atoms with Crippen molar-refractivity contribution in [1.29, 1.82) is 0 Å². The molecule has 1 aromatic carbocycles. The zero-order valence-electron chi connectivity index (χ0n) is 26.0. The third-order valence-electron chi connectivity index (χ3n) is 8.49. The fourth-order valence-electron chi connectivity index (χ4n) is 6.11. The van der Waals surface area contributed by atoms with Crippen LogP contribution in [0.5, 0.6) is 5.75 Å². The van der Waals surface area contributed by atoms with E-state index in [4.69, 9.17) is 4.74 Å². The summed E-state index contributed by atoms with van der Waals surface area (Å²) in [5.74, 6) is -3.13. The minimum absolute atomic E-state index is 0.174. The molecule has 0 aromatic heterocycles. The Morgan fingerprint density at radius 2 is 1.45 bits per heavy atom. The van der Waals surface area contributed by atoms with Crippen LogP contribution in [0.2, 0.25) is 0 Å². The number of phenolic OH excluding ortho intramolecular Hbond substituents is 1. The smallest absolute Gasteiger partial charge is 0.320 e. The predicted octanol–water partition coefficient (Wildman–Crippen LogP) is 6.84. The van der Waals surface area contributed by atoms with Crippen LogP contribution in [0.15, 0.2) is 12.1 Å². The largest absolute Gasteiger partial charge is 0.507 e. The molecule has 1 aromatic rings. The SMILES string of the molecule is CCCC(Cc1cc(C(C)(C)C)c(O)c(C(C)(C)C)c1)C(C(=O)O)C(=O)OC1CC(C)(C)N(C)C(C)(C)C1. The molecule has 0 amide bonds. The van der Waals surface area contributed by atoms with Crippen LogP contribution >= 0.6 is 0 Å². The lowest BCUT2D eigenvalue weighted by Gasteiger charge is -2.53. The van der Waals surface area contributed by atoms with Gasteiger partial charge in [0.25, 0.3) is 0 Å². The number of carboxylic acids is 1. The summed E-state index contributed by atoms with van der Waals surface area (Å²) in [5.41, 5.74) is 1.68. The lowest BCUT2D eigenvalue weighted by atomic mass is 9.76. The van der Waals surface area contributed by atoms with E-state index < -0.39 is 23.8 Å². The molecule has 6 nitrogen and oxygen atoms in total. The Hall–Kier alpha value is -2.08. The number of carboxylic acid groups (broad SMARTS) is 1. The van der Waals surface area contributed by atoms with Gasteiger partial charge in [-0.2, -0.15) is 0 Å². The number of rotatable bonds is 8. The fourth-order valence-corrected chi connectivity index (χ4v) is 6.11. The van der Waals surface area contributed by atoms with E-state index in [0.717, 1.165) is 23.1 Å². The van der Waals surface area contributed by atoms with Crippen molar-refractivity contribution < 1.29 is 24.5 Å². The van der Waals surface area contributed by atoms with E-state index in [2.05, 4.69) is 81.2 Å². The van der Waals surface area contributed by atoms with Crippen LogP contribution in [-0.2, 0) is 31.6 Å². The molecular formula is C32H53NO5. The van der Waals surface area contributed by atoms with Crippen LogP contribution in [0.1, 0.15) is 119 Å². The highest BCUT2D eigenvalue weighted by Crippen LogP contribution is 2.42. The monoisotopic (exact) mass is 531 g/mol. The Bertz CT molecular complexity index is 959. The number of phenols is 1. The Kier molecular flexibility index (Phi) is 9.46. The quantitative estimate of drug-likeness (QED) is 0.282. The fraction of sp³-hybridized carbons (Fsp3) is 0.750. The number of carbonyl (C=O) groups excluding carboxylic acids is 1. The minimum Gasteiger partial charge on any atom is -0.507 e. The maximum absolute atomic E-state index is 13.5.